The summed E-state index contributed by atoms with van der Waals surface area (Å²) in [5.74, 6) is 0. The van der Waals surface area contributed by atoms with Gasteiger partial charge < -0.3 is 5.41 Å². The van der Waals surface area contributed by atoms with Gasteiger partial charge >= 0.3 is 0 Å². The molecule has 0 aliphatic rings. The van der Waals surface area contributed by atoms with Crippen LogP contribution in [0.15, 0.2) is 0 Å². The van der Waals surface area contributed by atoms with Gasteiger partial charge in [0, 0.05) is 0 Å². The molecule has 0 heterocycles. The first-order valence-corrected chi connectivity index (χ1v) is 2.31. The Hall–Kier alpha value is -0.240. The highest BCUT2D eigenvalue weighted by Crippen LogP contribution is 1.75. The zero-order valence-electron chi connectivity index (χ0n) is 3.48. The van der Waals surface area contributed by atoms with E-state index in [0.29, 0.717) is 0 Å². The summed E-state index contributed by atoms with van der Waals surface area (Å²) in [6.45, 7) is 0. The predicted molar refractivity (Wildman–Crippen MR) is 31.7 cm³/mol. The minimum Gasteiger partial charge on any atom is -0.313 e. The van der Waals surface area contributed by atoms with E-state index in [1.54, 1.807) is 5.37 Å². The van der Waals surface area contributed by atoms with Crippen LogP contribution in [0.1, 0.15) is 12.8 Å². The Balaban J connectivity index is 2.66. The molecule has 0 aromatic heterocycles. The van der Waals surface area contributed by atoms with Gasteiger partial charge in [-0.15, -0.1) is 0 Å². The molecular formula is C4H7NS. The van der Waals surface area contributed by atoms with Crippen LogP contribution in [-0.2, 0) is 0 Å². The van der Waals surface area contributed by atoms with Gasteiger partial charge in [0.05, 0.1) is 0 Å². The first-order chi connectivity index (χ1) is 2.91. The number of unbranched alkanes of at least 4 members (excludes halogenated alkanes) is 1. The Morgan fingerprint density at radius 2 is 2.17 bits per heavy atom. The van der Waals surface area contributed by atoms with Crippen molar-refractivity contribution in [2.45, 2.75) is 12.8 Å². The lowest BCUT2D eigenvalue weighted by atomic mass is 10.4. The third kappa shape index (κ3) is 3.76. The molecule has 0 atom stereocenters. The van der Waals surface area contributed by atoms with Gasteiger partial charge in [-0.05, 0) is 24.4 Å². The molecule has 1 N–H and O–H groups in total. The van der Waals surface area contributed by atoms with Crippen molar-refractivity contribution in [1.82, 2.24) is 0 Å². The number of rotatable bonds is 3. The summed E-state index contributed by atoms with van der Waals surface area (Å²) >= 11 is 4.49. The molecule has 1 nitrogen and oxygen atoms in total. The van der Waals surface area contributed by atoms with Crippen molar-refractivity contribution < 1.29 is 0 Å². The second-order valence-corrected chi connectivity index (χ2v) is 1.28. The summed E-state index contributed by atoms with van der Waals surface area (Å²) in [5, 5.41) is 8.16. The summed E-state index contributed by atoms with van der Waals surface area (Å²) < 4.78 is 0. The van der Waals surface area contributed by atoms with E-state index in [2.05, 4.69) is 12.2 Å². The van der Waals surface area contributed by atoms with Crippen LogP contribution in [-0.4, -0.2) is 11.6 Å². The van der Waals surface area contributed by atoms with Crippen LogP contribution in [0.2, 0.25) is 0 Å². The average molecular weight is 101 g/mol. The van der Waals surface area contributed by atoms with Crippen LogP contribution in [0.3, 0.4) is 0 Å². The highest BCUT2D eigenvalue weighted by atomic mass is 32.1. The summed E-state index contributed by atoms with van der Waals surface area (Å²) in [5.41, 5.74) is 0. The summed E-state index contributed by atoms with van der Waals surface area (Å²) in [7, 11) is 0. The molecule has 0 fully saturated rings. The lowest BCUT2D eigenvalue weighted by Crippen LogP contribution is -1.70. The molecular weight excluding hydrogens is 94.1 g/mol. The van der Waals surface area contributed by atoms with Gasteiger partial charge in [0.25, 0.3) is 0 Å². The molecule has 0 aromatic carbocycles. The third-order valence-corrected chi connectivity index (χ3v) is 0.665. The molecule has 0 unspecified atom stereocenters. The van der Waals surface area contributed by atoms with E-state index in [1.807, 2.05) is 0 Å². The van der Waals surface area contributed by atoms with E-state index in [9.17, 15) is 0 Å². The van der Waals surface area contributed by atoms with Gasteiger partial charge in [0.2, 0.25) is 0 Å². The molecule has 0 rings (SSSR count). The van der Waals surface area contributed by atoms with Crippen LogP contribution in [0, 0.1) is 5.41 Å². The fourth-order valence-corrected chi connectivity index (χ4v) is 0.287. The molecule has 0 bridgehead atoms. The van der Waals surface area contributed by atoms with Crippen molar-refractivity contribution in [3.63, 3.8) is 0 Å². The van der Waals surface area contributed by atoms with Crippen LogP contribution >= 0.6 is 12.2 Å². The minimum absolute atomic E-state index is 0.795. The van der Waals surface area contributed by atoms with Crippen molar-refractivity contribution in [1.29, 1.82) is 5.41 Å². The van der Waals surface area contributed by atoms with E-state index in [1.165, 1.54) is 6.21 Å². The summed E-state index contributed by atoms with van der Waals surface area (Å²) in [6.07, 6.45) is 3.02. The van der Waals surface area contributed by atoms with Crippen LogP contribution in [0.5, 0.6) is 0 Å². The number of nitrogens with one attached hydrogen (secondary N) is 1. The smallest absolute Gasteiger partial charge is 0.00444 e. The minimum atomic E-state index is 0.795. The fraction of sp³-hybridized carbons (Fsp3) is 0.500. The lowest BCUT2D eigenvalue weighted by Gasteiger charge is -1.73. The Labute approximate surface area is 42.9 Å². The largest absolute Gasteiger partial charge is 0.313 e. The van der Waals surface area contributed by atoms with E-state index in [-0.39, 0.29) is 0 Å². The topological polar surface area (TPSA) is 23.9 Å². The van der Waals surface area contributed by atoms with E-state index < -0.39 is 0 Å². The van der Waals surface area contributed by atoms with Crippen molar-refractivity contribution in [2.24, 2.45) is 0 Å². The molecule has 0 saturated carbocycles. The Bertz CT molecular complexity index is 43.5. The van der Waals surface area contributed by atoms with Crippen LogP contribution in [0.4, 0.5) is 0 Å². The van der Waals surface area contributed by atoms with Gasteiger partial charge in [-0.3, -0.25) is 0 Å². The molecule has 0 amide bonds. The monoisotopic (exact) mass is 101 g/mol. The molecule has 2 heteroatoms. The fourth-order valence-electron chi connectivity index (χ4n) is 0.151. The molecule has 0 aliphatic heterocycles. The first kappa shape index (κ1) is 5.76. The van der Waals surface area contributed by atoms with Gasteiger partial charge in [0.15, 0.2) is 0 Å². The standard InChI is InChI=1S/C4H7NS/c5-3-1-2-4-6/h3-5H,1-2H2. The maximum absolute atomic E-state index is 6.51. The maximum atomic E-state index is 6.51. The van der Waals surface area contributed by atoms with E-state index >= 15 is 0 Å². The van der Waals surface area contributed by atoms with Crippen LogP contribution in [0.25, 0.3) is 0 Å². The molecule has 34 valence electrons. The Kier molecular flexibility index (Phi) is 4.57. The molecule has 0 saturated heterocycles. The van der Waals surface area contributed by atoms with E-state index in [0.717, 1.165) is 12.8 Å². The maximum Gasteiger partial charge on any atom is -0.00444 e. The third-order valence-electron chi connectivity index (χ3n) is 0.429. The molecule has 0 radical (unpaired) electrons. The second-order valence-electron chi connectivity index (χ2n) is 0.948. The summed E-state index contributed by atoms with van der Waals surface area (Å²) in [4.78, 5) is 0. The highest BCUT2D eigenvalue weighted by molar-refractivity contribution is 7.78. The second kappa shape index (κ2) is 4.76. The Morgan fingerprint density at radius 1 is 1.50 bits per heavy atom. The predicted octanol–water partition coefficient (Wildman–Crippen LogP) is 1.42. The number of thiocarbonyl (C=S) groups is 1. The van der Waals surface area contributed by atoms with Crippen molar-refractivity contribution >= 4 is 23.8 Å². The van der Waals surface area contributed by atoms with Crippen molar-refractivity contribution in [2.75, 3.05) is 0 Å². The molecule has 0 spiro atoms. The average Bonchev–Trinajstić information content (AvgIpc) is 1.61. The molecule has 0 aromatic rings. The van der Waals surface area contributed by atoms with Crippen molar-refractivity contribution in [3.05, 3.63) is 0 Å². The van der Waals surface area contributed by atoms with Gasteiger partial charge in [-0.2, -0.15) is 0 Å². The van der Waals surface area contributed by atoms with Gasteiger partial charge in [-0.1, -0.05) is 12.2 Å². The normalized spacial score (nSPS) is 7.33. The van der Waals surface area contributed by atoms with Gasteiger partial charge in [-0.25, -0.2) is 0 Å². The van der Waals surface area contributed by atoms with E-state index in [4.69, 9.17) is 5.41 Å². The van der Waals surface area contributed by atoms with Crippen LogP contribution < -0.4 is 0 Å². The highest BCUT2D eigenvalue weighted by Gasteiger charge is 1.69. The zero-order valence-corrected chi connectivity index (χ0v) is 4.29. The SMILES string of the molecule is N=CCCC=S. The zero-order chi connectivity index (χ0) is 4.83. The summed E-state index contributed by atoms with van der Waals surface area (Å²) in [6, 6.07) is 0. The number of hydrogen-bond donors (Lipinski definition) is 1. The quantitative estimate of drug-likeness (QED) is 0.324. The number of hydrogen-bond acceptors (Lipinski definition) is 2. The van der Waals surface area contributed by atoms with Crippen molar-refractivity contribution in [3.8, 4) is 0 Å². The van der Waals surface area contributed by atoms with Gasteiger partial charge in [0.1, 0.15) is 0 Å². The Morgan fingerprint density at radius 3 is 2.33 bits per heavy atom. The molecule has 6 heavy (non-hydrogen) atoms. The lowest BCUT2D eigenvalue weighted by molar-refractivity contribution is 1.20. The first-order valence-electron chi connectivity index (χ1n) is 1.84. The molecule has 0 aliphatic carbocycles.